The molecule has 0 radical (unpaired) electrons. The van der Waals surface area contributed by atoms with Crippen molar-refractivity contribution >= 4 is 17.4 Å². The number of carbonyl (C=O) groups is 1. The van der Waals surface area contributed by atoms with Crippen molar-refractivity contribution in [3.63, 3.8) is 0 Å². The van der Waals surface area contributed by atoms with Gasteiger partial charge in [0, 0.05) is 26.2 Å². The zero-order valence-corrected chi connectivity index (χ0v) is 8.58. The molecule has 1 heterocycles. The molecule has 0 atom stereocenters. The maximum Gasteiger partial charge on any atom is 0.267 e. The van der Waals surface area contributed by atoms with E-state index in [-0.39, 0.29) is 11.7 Å². The lowest BCUT2D eigenvalue weighted by Gasteiger charge is -2.04. The van der Waals surface area contributed by atoms with E-state index in [1.54, 1.807) is 23.9 Å². The van der Waals surface area contributed by atoms with Gasteiger partial charge in [-0.1, -0.05) is 0 Å². The Bertz CT molecular complexity index is 382. The predicted octanol–water partition coefficient (Wildman–Crippen LogP) is -0.337. The van der Waals surface area contributed by atoms with Gasteiger partial charge in [0.25, 0.3) is 5.91 Å². The minimum Gasteiger partial charge on any atom is -0.397 e. The third-order valence-electron chi connectivity index (χ3n) is 1.94. The quantitative estimate of drug-likeness (QED) is 0.402. The smallest absolute Gasteiger partial charge is 0.267 e. The molecule has 1 rings (SSSR count). The Kier molecular flexibility index (Phi) is 3.33. The molecule has 6 nitrogen and oxygen atoms in total. The van der Waals surface area contributed by atoms with Gasteiger partial charge in [0.1, 0.15) is 5.69 Å². The van der Waals surface area contributed by atoms with Gasteiger partial charge >= 0.3 is 0 Å². The molecule has 0 aliphatic rings. The van der Waals surface area contributed by atoms with E-state index >= 15 is 0 Å². The second-order valence-corrected chi connectivity index (χ2v) is 3.30. The normalized spacial score (nSPS) is 9.93. The van der Waals surface area contributed by atoms with Crippen molar-refractivity contribution in [2.45, 2.75) is 6.42 Å². The number of anilines is 1. The fourth-order valence-electron chi connectivity index (χ4n) is 1.22. The van der Waals surface area contributed by atoms with Crippen LogP contribution in [0.3, 0.4) is 0 Å². The summed E-state index contributed by atoms with van der Waals surface area (Å²) in [7, 11) is 1.75. The van der Waals surface area contributed by atoms with Crippen molar-refractivity contribution in [2.75, 3.05) is 12.3 Å². The zero-order valence-electron chi connectivity index (χ0n) is 8.58. The van der Waals surface area contributed by atoms with Crippen LogP contribution < -0.4 is 16.8 Å². The number of nitrogens with zero attached hydrogens (tertiary/aromatic N) is 1. The number of aromatic nitrogens is 1. The van der Waals surface area contributed by atoms with Crippen LogP contribution in [0.15, 0.2) is 12.3 Å². The van der Waals surface area contributed by atoms with E-state index in [0.717, 1.165) is 0 Å². The van der Waals surface area contributed by atoms with E-state index in [2.05, 4.69) is 5.32 Å². The highest BCUT2D eigenvalue weighted by atomic mass is 16.1. The van der Waals surface area contributed by atoms with Gasteiger partial charge in [0.05, 0.1) is 11.5 Å². The maximum absolute atomic E-state index is 11.6. The monoisotopic (exact) mass is 209 g/mol. The lowest BCUT2D eigenvalue weighted by Crippen LogP contribution is -2.28. The molecule has 0 aromatic carbocycles. The van der Waals surface area contributed by atoms with Crippen LogP contribution in [0.1, 0.15) is 16.9 Å². The Morgan fingerprint density at radius 2 is 2.33 bits per heavy atom. The molecule has 6 N–H and O–H groups in total. The summed E-state index contributed by atoms with van der Waals surface area (Å²) >= 11 is 0. The van der Waals surface area contributed by atoms with Gasteiger partial charge < -0.3 is 21.4 Å². The Morgan fingerprint density at radius 1 is 1.67 bits per heavy atom. The van der Waals surface area contributed by atoms with Crippen molar-refractivity contribution in [1.82, 2.24) is 9.88 Å². The van der Waals surface area contributed by atoms with Crippen LogP contribution in [0.4, 0.5) is 5.69 Å². The number of amides is 1. The van der Waals surface area contributed by atoms with Gasteiger partial charge in [0.2, 0.25) is 0 Å². The van der Waals surface area contributed by atoms with Crippen molar-refractivity contribution < 1.29 is 4.79 Å². The first-order valence-electron chi connectivity index (χ1n) is 4.53. The van der Waals surface area contributed by atoms with Crippen LogP contribution in [-0.4, -0.2) is 22.9 Å². The summed E-state index contributed by atoms with van der Waals surface area (Å²) < 4.78 is 1.65. The summed E-state index contributed by atoms with van der Waals surface area (Å²) in [6, 6.07) is 1.60. The number of amidine groups is 1. The number of rotatable bonds is 4. The van der Waals surface area contributed by atoms with E-state index in [4.69, 9.17) is 16.9 Å². The summed E-state index contributed by atoms with van der Waals surface area (Å²) in [5, 5.41) is 9.64. The highest BCUT2D eigenvalue weighted by Crippen LogP contribution is 2.07. The molecule has 6 heteroatoms. The first kappa shape index (κ1) is 11.1. The number of hydrogen-bond donors (Lipinski definition) is 4. The molecule has 15 heavy (non-hydrogen) atoms. The average Bonchev–Trinajstić information content (AvgIpc) is 2.44. The largest absolute Gasteiger partial charge is 0.397 e. The van der Waals surface area contributed by atoms with E-state index in [1.807, 2.05) is 0 Å². The Morgan fingerprint density at radius 3 is 2.80 bits per heavy atom. The third-order valence-corrected chi connectivity index (χ3v) is 1.94. The minimum absolute atomic E-state index is 0.0571. The van der Waals surface area contributed by atoms with Crippen LogP contribution in [0.2, 0.25) is 0 Å². The van der Waals surface area contributed by atoms with Crippen LogP contribution >= 0.6 is 0 Å². The fraction of sp³-hybridized carbons (Fsp3) is 0.333. The number of hydrogen-bond acceptors (Lipinski definition) is 3. The predicted molar refractivity (Wildman–Crippen MR) is 58.7 cm³/mol. The van der Waals surface area contributed by atoms with E-state index in [1.165, 1.54) is 0 Å². The van der Waals surface area contributed by atoms with Gasteiger partial charge in [-0.2, -0.15) is 0 Å². The van der Waals surface area contributed by atoms with E-state index in [9.17, 15) is 4.79 Å². The molecule has 1 amide bonds. The van der Waals surface area contributed by atoms with Gasteiger partial charge in [-0.3, -0.25) is 10.2 Å². The number of nitrogen functional groups attached to an aromatic ring is 1. The van der Waals surface area contributed by atoms with Crippen LogP contribution in [0, 0.1) is 5.41 Å². The summed E-state index contributed by atoms with van der Waals surface area (Å²) in [6.07, 6.45) is 2.02. The highest BCUT2D eigenvalue weighted by molar-refractivity contribution is 5.94. The molecule has 82 valence electrons. The number of carbonyl (C=O) groups excluding carboxylic acids is 1. The standard InChI is InChI=1S/C9H15N5O/c1-14-5-6(10)4-7(14)9(15)13-3-2-8(11)12/h4-5H,2-3,10H2,1H3,(H3,11,12)(H,13,15). The zero-order chi connectivity index (χ0) is 11.4. The maximum atomic E-state index is 11.6. The van der Waals surface area contributed by atoms with Crippen LogP contribution in [0.25, 0.3) is 0 Å². The van der Waals surface area contributed by atoms with Crippen LogP contribution in [0.5, 0.6) is 0 Å². The minimum atomic E-state index is -0.213. The molecule has 0 saturated carbocycles. The molecule has 0 unspecified atom stereocenters. The van der Waals surface area contributed by atoms with Crippen LogP contribution in [-0.2, 0) is 7.05 Å². The topological polar surface area (TPSA) is 110 Å². The summed E-state index contributed by atoms with van der Waals surface area (Å²) in [5.41, 5.74) is 11.7. The average molecular weight is 209 g/mol. The lowest BCUT2D eigenvalue weighted by atomic mass is 10.3. The summed E-state index contributed by atoms with van der Waals surface area (Å²) in [6.45, 7) is 0.360. The van der Waals surface area contributed by atoms with E-state index in [0.29, 0.717) is 24.3 Å². The molecule has 1 aromatic heterocycles. The molecule has 0 spiro atoms. The molecule has 0 saturated heterocycles. The van der Waals surface area contributed by atoms with Crippen molar-refractivity contribution in [2.24, 2.45) is 12.8 Å². The van der Waals surface area contributed by atoms with E-state index < -0.39 is 0 Å². The molecule has 0 aliphatic carbocycles. The Labute approximate surface area is 87.8 Å². The number of aryl methyl sites for hydroxylation is 1. The molecule has 0 aliphatic heterocycles. The first-order chi connectivity index (χ1) is 7.00. The number of nitrogens with one attached hydrogen (secondary N) is 2. The van der Waals surface area contributed by atoms with Gasteiger partial charge in [-0.05, 0) is 6.07 Å². The third kappa shape index (κ3) is 3.01. The van der Waals surface area contributed by atoms with Crippen molar-refractivity contribution in [3.05, 3.63) is 18.0 Å². The molecular weight excluding hydrogens is 194 g/mol. The molecule has 0 fully saturated rings. The second kappa shape index (κ2) is 4.50. The number of nitrogens with two attached hydrogens (primary N) is 2. The lowest BCUT2D eigenvalue weighted by molar-refractivity contribution is 0.0946. The van der Waals surface area contributed by atoms with Crippen molar-refractivity contribution in [1.29, 1.82) is 5.41 Å². The van der Waals surface area contributed by atoms with Gasteiger partial charge in [-0.25, -0.2) is 0 Å². The summed E-state index contributed by atoms with van der Waals surface area (Å²) in [4.78, 5) is 11.6. The fourth-order valence-corrected chi connectivity index (χ4v) is 1.22. The molecular formula is C9H15N5O. The molecule has 0 bridgehead atoms. The second-order valence-electron chi connectivity index (χ2n) is 3.30. The molecule has 1 aromatic rings. The van der Waals surface area contributed by atoms with Gasteiger partial charge in [0.15, 0.2) is 0 Å². The first-order valence-corrected chi connectivity index (χ1v) is 4.53. The van der Waals surface area contributed by atoms with Crippen molar-refractivity contribution in [3.8, 4) is 0 Å². The highest BCUT2D eigenvalue weighted by Gasteiger charge is 2.09. The Hall–Kier alpha value is -1.98. The van der Waals surface area contributed by atoms with Gasteiger partial charge in [-0.15, -0.1) is 0 Å². The Balaban J connectivity index is 2.54. The SMILES string of the molecule is Cn1cc(N)cc1C(=O)NCCC(=N)N. The summed E-state index contributed by atoms with van der Waals surface area (Å²) in [5.74, 6) is -0.155.